The SMILES string of the molecule is CCS(=O)(=O)Nc1ccc(C(C)NCC(C)(C)CC(C)O)cc1. The number of nitrogens with one attached hydrogen (secondary N) is 2. The second-order valence-electron chi connectivity index (χ2n) is 6.95. The summed E-state index contributed by atoms with van der Waals surface area (Å²) in [5.74, 6) is 0.0606. The lowest BCUT2D eigenvalue weighted by atomic mass is 9.86. The Labute approximate surface area is 140 Å². The fourth-order valence-corrected chi connectivity index (χ4v) is 3.15. The fraction of sp³-hybridized carbons (Fsp3) is 0.647. The molecule has 0 fully saturated rings. The third-order valence-corrected chi connectivity index (χ3v) is 5.11. The molecule has 0 saturated carbocycles. The summed E-state index contributed by atoms with van der Waals surface area (Å²) in [4.78, 5) is 0. The highest BCUT2D eigenvalue weighted by Crippen LogP contribution is 2.23. The van der Waals surface area contributed by atoms with Gasteiger partial charge in [0, 0.05) is 18.3 Å². The molecule has 0 amide bonds. The summed E-state index contributed by atoms with van der Waals surface area (Å²) in [5.41, 5.74) is 1.69. The average Bonchev–Trinajstić information content (AvgIpc) is 2.44. The van der Waals surface area contributed by atoms with Gasteiger partial charge in [-0.2, -0.15) is 0 Å². The second kappa shape index (κ2) is 8.13. The topological polar surface area (TPSA) is 78.4 Å². The molecule has 2 atom stereocenters. The molecule has 1 aromatic carbocycles. The van der Waals surface area contributed by atoms with Gasteiger partial charge in [0.15, 0.2) is 0 Å². The van der Waals surface area contributed by atoms with Gasteiger partial charge in [-0.25, -0.2) is 8.42 Å². The predicted octanol–water partition coefficient (Wildman–Crippen LogP) is 2.90. The van der Waals surface area contributed by atoms with Crippen molar-refractivity contribution in [2.75, 3.05) is 17.0 Å². The predicted molar refractivity (Wildman–Crippen MR) is 96.0 cm³/mol. The molecule has 0 aromatic heterocycles. The minimum absolute atomic E-state index is 0.0130. The lowest BCUT2D eigenvalue weighted by molar-refractivity contribution is 0.127. The van der Waals surface area contributed by atoms with E-state index in [1.807, 2.05) is 12.1 Å². The average molecular weight is 343 g/mol. The highest BCUT2D eigenvalue weighted by molar-refractivity contribution is 7.92. The molecule has 1 rings (SSSR count). The Bertz CT molecular complexity index is 580. The quantitative estimate of drug-likeness (QED) is 0.645. The van der Waals surface area contributed by atoms with Gasteiger partial charge in [-0.15, -0.1) is 0 Å². The van der Waals surface area contributed by atoms with Crippen molar-refractivity contribution in [2.24, 2.45) is 5.41 Å². The summed E-state index contributed by atoms with van der Waals surface area (Å²) in [7, 11) is -3.24. The lowest BCUT2D eigenvalue weighted by Crippen LogP contribution is -2.33. The normalized spacial score (nSPS) is 15.2. The van der Waals surface area contributed by atoms with Crippen LogP contribution in [0.1, 0.15) is 52.6 Å². The third-order valence-electron chi connectivity index (χ3n) is 3.80. The highest BCUT2D eigenvalue weighted by atomic mass is 32.2. The zero-order valence-corrected chi connectivity index (χ0v) is 15.6. The van der Waals surface area contributed by atoms with Crippen molar-refractivity contribution in [2.45, 2.75) is 53.2 Å². The van der Waals surface area contributed by atoms with Crippen molar-refractivity contribution >= 4 is 15.7 Å². The van der Waals surface area contributed by atoms with Gasteiger partial charge in [0.05, 0.1) is 11.9 Å². The smallest absolute Gasteiger partial charge is 0.232 e. The van der Waals surface area contributed by atoms with Crippen molar-refractivity contribution in [1.82, 2.24) is 5.32 Å². The minimum atomic E-state index is -3.24. The van der Waals surface area contributed by atoms with Crippen LogP contribution < -0.4 is 10.0 Å². The summed E-state index contributed by atoms with van der Waals surface area (Å²) >= 11 is 0. The molecule has 0 aliphatic heterocycles. The first-order valence-corrected chi connectivity index (χ1v) is 9.72. The van der Waals surface area contributed by atoms with E-state index < -0.39 is 10.0 Å². The summed E-state index contributed by atoms with van der Waals surface area (Å²) in [6.07, 6.45) is 0.428. The minimum Gasteiger partial charge on any atom is -0.393 e. The Morgan fingerprint density at radius 1 is 1.17 bits per heavy atom. The van der Waals surface area contributed by atoms with E-state index in [0.717, 1.165) is 18.5 Å². The molecule has 0 heterocycles. The van der Waals surface area contributed by atoms with E-state index >= 15 is 0 Å². The van der Waals surface area contributed by atoms with Crippen molar-refractivity contribution < 1.29 is 13.5 Å². The van der Waals surface area contributed by atoms with Gasteiger partial charge in [-0.3, -0.25) is 4.72 Å². The van der Waals surface area contributed by atoms with E-state index in [2.05, 4.69) is 30.8 Å². The second-order valence-corrected chi connectivity index (χ2v) is 8.96. The lowest BCUT2D eigenvalue weighted by Gasteiger charge is -2.28. The Kier molecular flexibility index (Phi) is 7.04. The van der Waals surface area contributed by atoms with Gasteiger partial charge in [0.25, 0.3) is 0 Å². The Balaban J connectivity index is 2.62. The van der Waals surface area contributed by atoms with E-state index in [1.54, 1.807) is 26.0 Å². The van der Waals surface area contributed by atoms with Crippen molar-refractivity contribution in [3.05, 3.63) is 29.8 Å². The number of rotatable bonds is 9. The molecule has 2 unspecified atom stereocenters. The molecule has 0 saturated heterocycles. The highest BCUT2D eigenvalue weighted by Gasteiger charge is 2.21. The zero-order chi connectivity index (χ0) is 17.7. The van der Waals surface area contributed by atoms with E-state index in [-0.39, 0.29) is 23.3 Å². The Morgan fingerprint density at radius 3 is 2.22 bits per heavy atom. The van der Waals surface area contributed by atoms with Crippen LogP contribution in [0.5, 0.6) is 0 Å². The fourth-order valence-electron chi connectivity index (χ4n) is 2.51. The van der Waals surface area contributed by atoms with Gasteiger partial charge in [0.2, 0.25) is 10.0 Å². The summed E-state index contributed by atoms with van der Waals surface area (Å²) in [6.45, 7) is 10.5. The molecule has 1 aromatic rings. The maximum absolute atomic E-state index is 11.5. The molecule has 0 bridgehead atoms. The molecular formula is C17H30N2O3S. The molecule has 0 aliphatic rings. The molecule has 6 heteroatoms. The van der Waals surface area contributed by atoms with Crippen LogP contribution in [-0.2, 0) is 10.0 Å². The number of aliphatic hydroxyl groups is 1. The van der Waals surface area contributed by atoms with Crippen molar-refractivity contribution in [3.63, 3.8) is 0 Å². The zero-order valence-electron chi connectivity index (χ0n) is 14.8. The Morgan fingerprint density at radius 2 is 1.74 bits per heavy atom. The van der Waals surface area contributed by atoms with Crippen LogP contribution in [0.2, 0.25) is 0 Å². The Hall–Kier alpha value is -1.11. The number of benzene rings is 1. The van der Waals surface area contributed by atoms with Crippen LogP contribution in [0.3, 0.4) is 0 Å². The van der Waals surface area contributed by atoms with Crippen molar-refractivity contribution in [3.8, 4) is 0 Å². The van der Waals surface area contributed by atoms with E-state index in [1.165, 1.54) is 0 Å². The van der Waals surface area contributed by atoms with Crippen LogP contribution in [0.25, 0.3) is 0 Å². The van der Waals surface area contributed by atoms with Gasteiger partial charge in [0.1, 0.15) is 0 Å². The van der Waals surface area contributed by atoms with Gasteiger partial charge < -0.3 is 10.4 Å². The molecular weight excluding hydrogens is 312 g/mol. The summed E-state index contributed by atoms with van der Waals surface area (Å²) < 4.78 is 25.6. The van der Waals surface area contributed by atoms with Crippen LogP contribution >= 0.6 is 0 Å². The first kappa shape index (κ1) is 19.9. The summed E-state index contributed by atoms with van der Waals surface area (Å²) in [6, 6.07) is 7.56. The maximum atomic E-state index is 11.5. The number of anilines is 1. The van der Waals surface area contributed by atoms with Crippen molar-refractivity contribution in [1.29, 1.82) is 0 Å². The monoisotopic (exact) mass is 342 g/mol. The van der Waals surface area contributed by atoms with E-state index in [4.69, 9.17) is 0 Å². The largest absolute Gasteiger partial charge is 0.393 e. The molecule has 3 N–H and O–H groups in total. The standard InChI is InChI=1S/C17H30N2O3S/c1-6-23(21,22)19-16-9-7-15(8-10-16)14(3)18-12-17(4,5)11-13(2)20/h7-10,13-14,18-20H,6,11-12H2,1-5H3. The van der Waals surface area contributed by atoms with Gasteiger partial charge in [-0.1, -0.05) is 26.0 Å². The molecule has 0 spiro atoms. The number of sulfonamides is 1. The van der Waals surface area contributed by atoms with Crippen LogP contribution in [0.15, 0.2) is 24.3 Å². The first-order chi connectivity index (χ1) is 10.5. The maximum Gasteiger partial charge on any atom is 0.232 e. The van der Waals surface area contributed by atoms with E-state index in [9.17, 15) is 13.5 Å². The molecule has 0 aliphatic carbocycles. The number of aliphatic hydroxyl groups excluding tert-OH is 1. The van der Waals surface area contributed by atoms with E-state index in [0.29, 0.717) is 5.69 Å². The van der Waals surface area contributed by atoms with Crippen LogP contribution in [-0.4, -0.2) is 31.9 Å². The molecule has 132 valence electrons. The molecule has 0 radical (unpaired) electrons. The molecule has 5 nitrogen and oxygen atoms in total. The number of hydrogen-bond donors (Lipinski definition) is 3. The van der Waals surface area contributed by atoms with Crippen LogP contribution in [0, 0.1) is 5.41 Å². The van der Waals surface area contributed by atoms with Gasteiger partial charge >= 0.3 is 0 Å². The first-order valence-electron chi connectivity index (χ1n) is 8.06. The third kappa shape index (κ3) is 7.33. The summed E-state index contributed by atoms with van der Waals surface area (Å²) in [5, 5.41) is 13.0. The molecule has 23 heavy (non-hydrogen) atoms. The van der Waals surface area contributed by atoms with Crippen LogP contribution in [0.4, 0.5) is 5.69 Å². The van der Waals surface area contributed by atoms with Gasteiger partial charge in [-0.05, 0) is 50.3 Å². The number of hydrogen-bond acceptors (Lipinski definition) is 4.